The second-order valence-corrected chi connectivity index (χ2v) is 8.04. The lowest BCUT2D eigenvalue weighted by Gasteiger charge is -2.03. The van der Waals surface area contributed by atoms with Crippen LogP contribution < -0.4 is 0 Å². The lowest BCUT2D eigenvalue weighted by atomic mass is 10.0. The standard InChI is InChI=1S/C22H40Cl2O2/c23-19-21(25)17-15-13-11-9-7-5-3-1-2-4-6-8-10-12-14-16-18-22(26)20-24/h1-20H2. The zero-order valence-electron chi connectivity index (χ0n) is 16.7. The Morgan fingerprint density at radius 1 is 0.385 bits per heavy atom. The van der Waals surface area contributed by atoms with Gasteiger partial charge in [-0.3, -0.25) is 9.59 Å². The van der Waals surface area contributed by atoms with E-state index in [0.29, 0.717) is 12.8 Å². The zero-order chi connectivity index (χ0) is 19.3. The number of rotatable bonds is 21. The van der Waals surface area contributed by atoms with E-state index in [1.165, 1.54) is 89.9 Å². The molecule has 0 amide bonds. The van der Waals surface area contributed by atoms with E-state index in [9.17, 15) is 9.59 Å². The molecule has 2 nitrogen and oxygen atoms in total. The molecule has 0 aromatic rings. The van der Waals surface area contributed by atoms with E-state index >= 15 is 0 Å². The summed E-state index contributed by atoms with van der Waals surface area (Å²) in [5.41, 5.74) is 0. The average Bonchev–Trinajstić information content (AvgIpc) is 2.66. The first-order chi connectivity index (χ1) is 12.7. The Kier molecular flexibility index (Phi) is 21.2. The summed E-state index contributed by atoms with van der Waals surface area (Å²) in [6, 6.07) is 0. The smallest absolute Gasteiger partial charge is 0.147 e. The molecule has 0 atom stereocenters. The Balaban J connectivity index is 3.05. The lowest BCUT2D eigenvalue weighted by Crippen LogP contribution is -1.98. The third kappa shape index (κ3) is 20.2. The van der Waals surface area contributed by atoms with Gasteiger partial charge in [0.2, 0.25) is 0 Å². The highest BCUT2D eigenvalue weighted by molar-refractivity contribution is 6.27. The summed E-state index contributed by atoms with van der Waals surface area (Å²) in [6.45, 7) is 0. The molecule has 0 fully saturated rings. The molecule has 0 aliphatic rings. The van der Waals surface area contributed by atoms with Crippen LogP contribution in [0.25, 0.3) is 0 Å². The number of alkyl halides is 2. The molecular weight excluding hydrogens is 367 g/mol. The van der Waals surface area contributed by atoms with Gasteiger partial charge >= 0.3 is 0 Å². The van der Waals surface area contributed by atoms with E-state index < -0.39 is 0 Å². The second-order valence-electron chi connectivity index (χ2n) is 7.50. The summed E-state index contributed by atoms with van der Waals surface area (Å²) in [4.78, 5) is 22.1. The number of ketones is 2. The molecule has 0 rings (SSSR count). The van der Waals surface area contributed by atoms with E-state index in [-0.39, 0.29) is 23.3 Å². The fraction of sp³-hybridized carbons (Fsp3) is 0.909. The van der Waals surface area contributed by atoms with Crippen LogP contribution in [-0.2, 0) is 9.59 Å². The second kappa shape index (κ2) is 21.2. The Labute approximate surface area is 171 Å². The van der Waals surface area contributed by atoms with Crippen molar-refractivity contribution in [1.29, 1.82) is 0 Å². The van der Waals surface area contributed by atoms with Crippen molar-refractivity contribution >= 4 is 34.8 Å². The van der Waals surface area contributed by atoms with E-state index in [1.807, 2.05) is 0 Å². The lowest BCUT2D eigenvalue weighted by molar-refractivity contribution is -0.117. The maximum absolute atomic E-state index is 11.1. The molecule has 0 spiro atoms. The monoisotopic (exact) mass is 406 g/mol. The molecule has 0 aliphatic heterocycles. The van der Waals surface area contributed by atoms with Crippen molar-refractivity contribution in [2.45, 2.75) is 116 Å². The number of unbranched alkanes of at least 4 members (excludes halogenated alkanes) is 15. The Hall–Kier alpha value is -0.0800. The van der Waals surface area contributed by atoms with Gasteiger partial charge in [0.1, 0.15) is 11.6 Å². The highest BCUT2D eigenvalue weighted by Crippen LogP contribution is 2.14. The van der Waals surface area contributed by atoms with Crippen molar-refractivity contribution in [1.82, 2.24) is 0 Å². The van der Waals surface area contributed by atoms with Crippen LogP contribution in [0.1, 0.15) is 116 Å². The van der Waals surface area contributed by atoms with Gasteiger partial charge in [0.15, 0.2) is 0 Å². The van der Waals surface area contributed by atoms with Crippen LogP contribution in [0.4, 0.5) is 0 Å². The molecule has 26 heavy (non-hydrogen) atoms. The van der Waals surface area contributed by atoms with Gasteiger partial charge in [0.25, 0.3) is 0 Å². The number of carbonyl (C=O) groups excluding carboxylic acids is 2. The molecule has 0 N–H and O–H groups in total. The minimum Gasteiger partial charge on any atom is -0.298 e. The molecule has 0 saturated heterocycles. The summed E-state index contributed by atoms with van der Waals surface area (Å²) in [7, 11) is 0. The molecule has 0 bridgehead atoms. The quantitative estimate of drug-likeness (QED) is 0.145. The fourth-order valence-electron chi connectivity index (χ4n) is 3.25. The van der Waals surface area contributed by atoms with E-state index in [1.54, 1.807) is 0 Å². The van der Waals surface area contributed by atoms with Gasteiger partial charge in [-0.05, 0) is 12.8 Å². The van der Waals surface area contributed by atoms with Crippen LogP contribution in [0.2, 0.25) is 0 Å². The van der Waals surface area contributed by atoms with E-state index in [2.05, 4.69) is 0 Å². The van der Waals surface area contributed by atoms with Crippen LogP contribution in [0.3, 0.4) is 0 Å². The van der Waals surface area contributed by atoms with Crippen LogP contribution in [-0.4, -0.2) is 23.3 Å². The summed E-state index contributed by atoms with van der Waals surface area (Å²) >= 11 is 11.0. The van der Waals surface area contributed by atoms with Crippen LogP contribution >= 0.6 is 23.2 Å². The Bertz CT molecular complexity index is 300. The Morgan fingerprint density at radius 3 is 0.769 bits per heavy atom. The van der Waals surface area contributed by atoms with Crippen LogP contribution in [0, 0.1) is 0 Å². The largest absolute Gasteiger partial charge is 0.298 e. The van der Waals surface area contributed by atoms with Crippen molar-refractivity contribution in [2.75, 3.05) is 11.8 Å². The van der Waals surface area contributed by atoms with E-state index in [0.717, 1.165) is 12.8 Å². The van der Waals surface area contributed by atoms with Gasteiger partial charge in [-0.25, -0.2) is 0 Å². The number of hydrogen-bond donors (Lipinski definition) is 0. The molecule has 154 valence electrons. The third-order valence-electron chi connectivity index (χ3n) is 4.96. The minimum atomic E-state index is 0.178. The minimum absolute atomic E-state index is 0.178. The number of halogens is 2. The molecule has 4 heteroatoms. The summed E-state index contributed by atoms with van der Waals surface area (Å²) in [5.74, 6) is 0.727. The Morgan fingerprint density at radius 2 is 0.577 bits per heavy atom. The molecule has 0 aliphatic carbocycles. The highest BCUT2D eigenvalue weighted by atomic mass is 35.5. The molecule has 0 radical (unpaired) electrons. The first kappa shape index (κ1) is 25.9. The highest BCUT2D eigenvalue weighted by Gasteiger charge is 2.00. The average molecular weight is 407 g/mol. The van der Waals surface area contributed by atoms with Gasteiger partial charge < -0.3 is 0 Å². The first-order valence-corrected chi connectivity index (χ1v) is 11.9. The number of hydrogen-bond acceptors (Lipinski definition) is 2. The van der Waals surface area contributed by atoms with Crippen molar-refractivity contribution in [3.63, 3.8) is 0 Å². The van der Waals surface area contributed by atoms with Crippen LogP contribution in [0.5, 0.6) is 0 Å². The maximum Gasteiger partial charge on any atom is 0.147 e. The van der Waals surface area contributed by atoms with Gasteiger partial charge in [-0.1, -0.05) is 89.9 Å². The molecular formula is C22H40Cl2O2. The zero-order valence-corrected chi connectivity index (χ0v) is 18.2. The van der Waals surface area contributed by atoms with Gasteiger partial charge in [0.05, 0.1) is 11.8 Å². The summed E-state index contributed by atoms with van der Waals surface area (Å²) in [5, 5.41) is 0. The van der Waals surface area contributed by atoms with Gasteiger partial charge in [-0.2, -0.15) is 0 Å². The maximum atomic E-state index is 11.1. The SMILES string of the molecule is O=C(CCl)CCCCCCCCCCCCCCCCCCC(=O)CCl. The normalized spacial score (nSPS) is 11.0. The summed E-state index contributed by atoms with van der Waals surface area (Å²) < 4.78 is 0. The summed E-state index contributed by atoms with van der Waals surface area (Å²) in [6.07, 6.45) is 21.8. The van der Waals surface area contributed by atoms with Crippen molar-refractivity contribution in [3.05, 3.63) is 0 Å². The number of Topliss-reactive ketones (excluding diaryl/α,β-unsaturated/α-hetero) is 2. The van der Waals surface area contributed by atoms with Gasteiger partial charge in [0, 0.05) is 12.8 Å². The molecule has 0 saturated carbocycles. The third-order valence-corrected chi connectivity index (χ3v) is 5.56. The first-order valence-electron chi connectivity index (χ1n) is 10.9. The van der Waals surface area contributed by atoms with E-state index in [4.69, 9.17) is 23.2 Å². The molecule has 0 unspecified atom stereocenters. The van der Waals surface area contributed by atoms with Gasteiger partial charge in [-0.15, -0.1) is 23.2 Å². The molecule has 0 heterocycles. The molecule has 0 aromatic carbocycles. The fourth-order valence-corrected chi connectivity index (χ4v) is 3.52. The predicted molar refractivity (Wildman–Crippen MR) is 115 cm³/mol. The van der Waals surface area contributed by atoms with Crippen molar-refractivity contribution in [2.24, 2.45) is 0 Å². The topological polar surface area (TPSA) is 34.1 Å². The van der Waals surface area contributed by atoms with Crippen molar-refractivity contribution < 1.29 is 9.59 Å². The van der Waals surface area contributed by atoms with Crippen LogP contribution in [0.15, 0.2) is 0 Å². The number of carbonyl (C=O) groups is 2. The molecule has 0 aromatic heterocycles. The van der Waals surface area contributed by atoms with Crippen molar-refractivity contribution in [3.8, 4) is 0 Å². The predicted octanol–water partition coefficient (Wildman–Crippen LogP) is 7.62.